The van der Waals surface area contributed by atoms with Gasteiger partial charge in [-0.05, 0) is 63.4 Å². The predicted molar refractivity (Wildman–Crippen MR) is 160 cm³/mol. The number of carbonyl (C=O) groups is 1. The summed E-state index contributed by atoms with van der Waals surface area (Å²) < 4.78 is 28.5. The number of hydrogen-bond acceptors (Lipinski definition) is 6. The van der Waals surface area contributed by atoms with Gasteiger partial charge in [0.15, 0.2) is 0 Å². The molecule has 1 unspecified atom stereocenters. The molecule has 1 amide bonds. The van der Waals surface area contributed by atoms with E-state index in [1.54, 1.807) is 11.9 Å². The summed E-state index contributed by atoms with van der Waals surface area (Å²) >= 11 is 5.84. The summed E-state index contributed by atoms with van der Waals surface area (Å²) in [6.45, 7) is 13.1. The first-order valence-corrected chi connectivity index (χ1v) is 14.8. The fraction of sp³-hybridized carbons (Fsp3) is 0.690. The van der Waals surface area contributed by atoms with Crippen molar-refractivity contribution in [3.8, 4) is 0 Å². The van der Waals surface area contributed by atoms with Crippen LogP contribution in [0.2, 0.25) is 0 Å². The summed E-state index contributed by atoms with van der Waals surface area (Å²) in [5, 5.41) is 25.9. The van der Waals surface area contributed by atoms with E-state index < -0.39 is 12.5 Å². The zero-order valence-electron chi connectivity index (χ0n) is 24.5. The summed E-state index contributed by atoms with van der Waals surface area (Å²) in [4.78, 5) is 16.3. The summed E-state index contributed by atoms with van der Waals surface area (Å²) in [6, 6.07) is -0.385. The number of halogens is 3. The molecule has 226 valence electrons. The minimum absolute atomic E-state index is 0.0452. The van der Waals surface area contributed by atoms with Crippen molar-refractivity contribution in [3.63, 3.8) is 0 Å². The van der Waals surface area contributed by atoms with E-state index in [1.165, 1.54) is 19.2 Å². The van der Waals surface area contributed by atoms with Crippen LogP contribution in [0.5, 0.6) is 0 Å². The monoisotopic (exact) mass is 583 g/mol. The molecule has 0 bridgehead atoms. The van der Waals surface area contributed by atoms with Crippen molar-refractivity contribution in [3.05, 3.63) is 35.2 Å². The van der Waals surface area contributed by atoms with Gasteiger partial charge in [0.1, 0.15) is 5.84 Å². The van der Waals surface area contributed by atoms with Gasteiger partial charge in [0.25, 0.3) is 6.43 Å². The number of piperidine rings is 1. The molecule has 0 saturated carbocycles. The molecule has 2 heterocycles. The van der Waals surface area contributed by atoms with Crippen LogP contribution in [0.15, 0.2) is 35.2 Å². The average Bonchev–Trinajstić information content (AvgIpc) is 2.91. The molecule has 0 aromatic carbocycles. The van der Waals surface area contributed by atoms with Gasteiger partial charge in [0.05, 0.1) is 6.54 Å². The molecule has 40 heavy (non-hydrogen) atoms. The molecule has 0 spiro atoms. The van der Waals surface area contributed by atoms with E-state index in [2.05, 4.69) is 27.4 Å². The highest BCUT2D eigenvalue weighted by molar-refractivity contribution is 6.17. The molecule has 0 aromatic rings. The lowest BCUT2D eigenvalue weighted by Gasteiger charge is -2.36. The van der Waals surface area contributed by atoms with Crippen LogP contribution in [-0.2, 0) is 4.79 Å². The predicted octanol–water partition coefficient (Wildman–Crippen LogP) is 4.35. The largest absolute Gasteiger partial charge is 0.385 e. The van der Waals surface area contributed by atoms with Crippen LogP contribution in [0.25, 0.3) is 0 Å². The molecule has 8 nitrogen and oxygen atoms in total. The second-order valence-corrected chi connectivity index (χ2v) is 11.4. The molecule has 0 aliphatic carbocycles. The van der Waals surface area contributed by atoms with Crippen molar-refractivity contribution in [1.29, 1.82) is 10.8 Å². The Morgan fingerprint density at radius 1 is 1.25 bits per heavy atom. The first-order chi connectivity index (χ1) is 19.0. The van der Waals surface area contributed by atoms with Gasteiger partial charge in [0.2, 0.25) is 5.91 Å². The van der Waals surface area contributed by atoms with E-state index in [0.29, 0.717) is 30.8 Å². The highest BCUT2D eigenvalue weighted by atomic mass is 35.5. The standard InChI is InChI=1S/C29H48ClF2N7O/c1-19(2)23(7-12-33)27(35-5)24(28(31)32)17-20(3)36-29(34)25-18-39(21(4)40)16-10-26(25)37-22-8-14-38(15-9-22)13-6-11-30/h12,17,19,22-23,27-28,33,35,37H,3,6-11,13-16,18H2,1-2,4-5H3,(H2,34,36)/b24-17+,33-12?/t23-,27?/m1/s1. The van der Waals surface area contributed by atoms with Crippen molar-refractivity contribution in [2.24, 2.45) is 11.8 Å². The van der Waals surface area contributed by atoms with Gasteiger partial charge in [-0.15, -0.1) is 11.6 Å². The Balaban J connectivity index is 2.23. The zero-order valence-corrected chi connectivity index (χ0v) is 25.2. The number of rotatable bonds is 15. The highest BCUT2D eigenvalue weighted by Crippen LogP contribution is 2.28. The highest BCUT2D eigenvalue weighted by Gasteiger charge is 2.31. The van der Waals surface area contributed by atoms with Gasteiger partial charge < -0.3 is 31.2 Å². The van der Waals surface area contributed by atoms with E-state index in [4.69, 9.17) is 22.4 Å². The van der Waals surface area contributed by atoms with Crippen molar-refractivity contribution in [2.75, 3.05) is 45.7 Å². The maximum absolute atomic E-state index is 14.3. The summed E-state index contributed by atoms with van der Waals surface area (Å²) in [5.74, 6) is 0.513. The van der Waals surface area contributed by atoms with E-state index in [9.17, 15) is 13.6 Å². The Hall–Kier alpha value is -2.30. The Morgan fingerprint density at radius 3 is 2.45 bits per heavy atom. The van der Waals surface area contributed by atoms with Crippen LogP contribution in [0.1, 0.15) is 52.9 Å². The third kappa shape index (κ3) is 9.96. The molecule has 1 fully saturated rings. The van der Waals surface area contributed by atoms with Crippen LogP contribution < -0.4 is 16.0 Å². The molecule has 2 aliphatic heterocycles. The fourth-order valence-electron chi connectivity index (χ4n) is 5.57. The van der Waals surface area contributed by atoms with Crippen LogP contribution in [0, 0.1) is 22.7 Å². The molecule has 0 radical (unpaired) electrons. The van der Waals surface area contributed by atoms with Crippen molar-refractivity contribution in [2.45, 2.75) is 71.4 Å². The smallest absolute Gasteiger partial charge is 0.261 e. The molecule has 1 saturated heterocycles. The van der Waals surface area contributed by atoms with Gasteiger partial charge in [-0.1, -0.05) is 20.4 Å². The first-order valence-electron chi connectivity index (χ1n) is 14.2. The number of amidine groups is 1. The van der Waals surface area contributed by atoms with Gasteiger partial charge >= 0.3 is 0 Å². The average molecular weight is 584 g/mol. The quantitative estimate of drug-likeness (QED) is 0.0853. The number of carbonyl (C=O) groups excluding carboxylic acids is 1. The maximum atomic E-state index is 14.3. The number of alkyl halides is 3. The topological polar surface area (TPSA) is 107 Å². The van der Waals surface area contributed by atoms with Crippen LogP contribution in [0.4, 0.5) is 8.78 Å². The zero-order chi connectivity index (χ0) is 29.8. The van der Waals surface area contributed by atoms with Gasteiger partial charge in [-0.3, -0.25) is 10.2 Å². The Kier molecular flexibility index (Phi) is 14.3. The number of nitrogens with zero attached hydrogens (tertiary/aromatic N) is 2. The second-order valence-electron chi connectivity index (χ2n) is 11.0. The Morgan fingerprint density at radius 2 is 1.93 bits per heavy atom. The third-order valence-corrected chi connectivity index (χ3v) is 8.16. The number of amides is 1. The number of likely N-dealkylation sites (N-methyl/N-ethyl adjacent to an activating group) is 1. The van der Waals surface area contributed by atoms with Crippen LogP contribution in [-0.4, -0.2) is 91.9 Å². The molecular formula is C29H48ClF2N7O. The molecular weight excluding hydrogens is 536 g/mol. The molecule has 11 heteroatoms. The minimum atomic E-state index is -2.73. The normalized spacial score (nSPS) is 19.1. The number of nitrogens with one attached hydrogen (secondary N) is 5. The van der Waals surface area contributed by atoms with Gasteiger partial charge in [-0.25, -0.2) is 8.78 Å². The maximum Gasteiger partial charge on any atom is 0.261 e. The fourth-order valence-corrected chi connectivity index (χ4v) is 5.69. The van der Waals surface area contributed by atoms with Gasteiger partial charge in [-0.2, -0.15) is 0 Å². The van der Waals surface area contributed by atoms with Crippen LogP contribution >= 0.6 is 11.6 Å². The van der Waals surface area contributed by atoms with Gasteiger partial charge in [0, 0.05) is 73.5 Å². The molecule has 2 atom stereocenters. The molecule has 2 rings (SSSR count). The van der Waals surface area contributed by atoms with E-state index in [-0.39, 0.29) is 47.4 Å². The van der Waals surface area contributed by atoms with Crippen molar-refractivity contribution in [1.82, 2.24) is 25.8 Å². The lowest BCUT2D eigenvalue weighted by molar-refractivity contribution is -0.128. The number of hydrogen-bond donors (Lipinski definition) is 5. The summed E-state index contributed by atoms with van der Waals surface area (Å²) in [7, 11) is 1.64. The second kappa shape index (κ2) is 16.8. The summed E-state index contributed by atoms with van der Waals surface area (Å²) in [5.41, 5.74) is 1.61. The van der Waals surface area contributed by atoms with E-state index in [1.807, 2.05) is 13.8 Å². The van der Waals surface area contributed by atoms with Crippen molar-refractivity contribution >= 4 is 29.6 Å². The van der Waals surface area contributed by atoms with Crippen molar-refractivity contribution < 1.29 is 13.6 Å². The lowest BCUT2D eigenvalue weighted by atomic mass is 9.82. The Bertz CT molecular complexity index is 945. The third-order valence-electron chi connectivity index (χ3n) is 7.89. The SMILES string of the molecule is C=C(/C=C(/C(F)F)C(NC)[C@H](CC=N)C(C)C)NC(=N)C1=C(NC2CCN(CCCCl)CC2)CCN(C(C)=O)C1. The summed E-state index contributed by atoms with van der Waals surface area (Å²) in [6.07, 6.45) is 3.73. The number of allylic oxidation sites excluding steroid dienone is 1. The molecule has 5 N–H and O–H groups in total. The lowest BCUT2D eigenvalue weighted by Crippen LogP contribution is -2.46. The minimum Gasteiger partial charge on any atom is -0.385 e. The Labute approximate surface area is 243 Å². The molecule has 0 aromatic heterocycles. The first kappa shape index (κ1) is 33.9. The van der Waals surface area contributed by atoms with Crippen LogP contribution in [0.3, 0.4) is 0 Å². The molecule has 2 aliphatic rings. The van der Waals surface area contributed by atoms with E-state index >= 15 is 0 Å². The van der Waals surface area contributed by atoms with E-state index in [0.717, 1.165) is 44.6 Å². The number of likely N-dealkylation sites (tertiary alicyclic amines) is 1.